The van der Waals surface area contributed by atoms with E-state index in [1.54, 1.807) is 48.5 Å². The van der Waals surface area contributed by atoms with Crippen LogP contribution in [0.3, 0.4) is 0 Å². The molecule has 0 unspecified atom stereocenters. The second-order valence-electron chi connectivity index (χ2n) is 7.56. The summed E-state index contributed by atoms with van der Waals surface area (Å²) in [5.74, 6) is 0.309. The summed E-state index contributed by atoms with van der Waals surface area (Å²) in [4.78, 5) is 26.1. The minimum atomic E-state index is -0.224. The summed E-state index contributed by atoms with van der Waals surface area (Å²) in [7, 11) is 0. The minimum absolute atomic E-state index is 0.0607. The Hall–Kier alpha value is -3.83. The molecular formula is C25H24N4O3S. The number of amides is 2. The molecule has 0 fully saturated rings. The fourth-order valence-corrected chi connectivity index (χ4v) is 4.96. The third-order valence-corrected chi connectivity index (χ3v) is 6.52. The van der Waals surface area contributed by atoms with Gasteiger partial charge in [0.1, 0.15) is 16.8 Å². The number of thiophene rings is 1. The summed E-state index contributed by atoms with van der Waals surface area (Å²) in [5.41, 5.74) is 3.59. The van der Waals surface area contributed by atoms with Crippen LogP contribution in [0.1, 0.15) is 39.7 Å². The Morgan fingerprint density at radius 1 is 1.03 bits per heavy atom. The molecule has 1 aliphatic rings. The molecule has 0 saturated heterocycles. The first kappa shape index (κ1) is 22.4. The van der Waals surface area contributed by atoms with Crippen LogP contribution in [0, 0.1) is 11.3 Å². The second kappa shape index (κ2) is 10.2. The molecule has 0 spiro atoms. The zero-order valence-electron chi connectivity index (χ0n) is 18.2. The van der Waals surface area contributed by atoms with Crippen LogP contribution in [0.25, 0.3) is 0 Å². The molecule has 3 aromatic rings. The molecule has 1 aliphatic carbocycles. The Bertz CT molecular complexity index is 1190. The molecule has 33 heavy (non-hydrogen) atoms. The van der Waals surface area contributed by atoms with Crippen LogP contribution >= 0.6 is 11.3 Å². The molecule has 2 aromatic carbocycles. The summed E-state index contributed by atoms with van der Waals surface area (Å²) in [6, 6.07) is 16.3. The number of aryl methyl sites for hydroxylation is 1. The largest absolute Gasteiger partial charge is 0.494 e. The van der Waals surface area contributed by atoms with Gasteiger partial charge in [0.25, 0.3) is 5.91 Å². The number of hydrogen-bond donors (Lipinski definition) is 3. The zero-order chi connectivity index (χ0) is 23.2. The lowest BCUT2D eigenvalue weighted by Gasteiger charge is -2.09. The molecule has 168 valence electrons. The molecule has 0 bridgehead atoms. The van der Waals surface area contributed by atoms with Crippen molar-refractivity contribution < 1.29 is 14.3 Å². The summed E-state index contributed by atoms with van der Waals surface area (Å²) in [5, 5.41) is 18.8. The van der Waals surface area contributed by atoms with Gasteiger partial charge >= 0.3 is 0 Å². The molecule has 3 N–H and O–H groups in total. The summed E-state index contributed by atoms with van der Waals surface area (Å²) in [6.45, 7) is 2.57. The second-order valence-corrected chi connectivity index (χ2v) is 8.67. The standard InChI is InChI=1S/C25H24N4O3S/c1-2-32-19-12-10-18(11-13-19)28-24(31)16-6-8-17(9-7-16)27-15-23(30)29-25-21(14-26)20-4-3-5-22(20)33-25/h6-13,27H,2-5,15H2,1H3,(H,28,31)(H,29,30). The summed E-state index contributed by atoms with van der Waals surface area (Å²) >= 11 is 1.50. The van der Waals surface area contributed by atoms with Crippen molar-refractivity contribution in [3.05, 3.63) is 70.1 Å². The molecule has 0 saturated carbocycles. The van der Waals surface area contributed by atoms with Gasteiger partial charge in [0.15, 0.2) is 0 Å². The topological polar surface area (TPSA) is 103 Å². The van der Waals surface area contributed by atoms with Crippen LogP contribution in [0.4, 0.5) is 16.4 Å². The normalized spacial score (nSPS) is 11.9. The number of nitriles is 1. The lowest BCUT2D eigenvalue weighted by Crippen LogP contribution is -2.21. The lowest BCUT2D eigenvalue weighted by molar-refractivity contribution is -0.114. The number of nitrogens with zero attached hydrogens (tertiary/aromatic N) is 1. The average Bonchev–Trinajstić information content (AvgIpc) is 3.40. The van der Waals surface area contributed by atoms with E-state index < -0.39 is 0 Å². The number of carbonyl (C=O) groups excluding carboxylic acids is 2. The Balaban J connectivity index is 1.29. The molecule has 4 rings (SSSR count). The third-order valence-electron chi connectivity index (χ3n) is 5.31. The van der Waals surface area contributed by atoms with E-state index in [4.69, 9.17) is 4.74 Å². The number of anilines is 3. The first-order valence-electron chi connectivity index (χ1n) is 10.8. The van der Waals surface area contributed by atoms with Gasteiger partial charge in [-0.1, -0.05) is 0 Å². The highest BCUT2D eigenvalue weighted by atomic mass is 32.1. The van der Waals surface area contributed by atoms with Gasteiger partial charge in [-0.3, -0.25) is 9.59 Å². The number of hydrogen-bond acceptors (Lipinski definition) is 6. The van der Waals surface area contributed by atoms with Crippen LogP contribution < -0.4 is 20.7 Å². The van der Waals surface area contributed by atoms with E-state index in [9.17, 15) is 14.9 Å². The van der Waals surface area contributed by atoms with E-state index in [0.717, 1.165) is 36.3 Å². The Morgan fingerprint density at radius 2 is 1.76 bits per heavy atom. The van der Waals surface area contributed by atoms with Crippen molar-refractivity contribution in [3.8, 4) is 11.8 Å². The van der Waals surface area contributed by atoms with E-state index in [0.29, 0.717) is 28.4 Å². The smallest absolute Gasteiger partial charge is 0.255 e. The number of rotatable bonds is 8. The lowest BCUT2D eigenvalue weighted by atomic mass is 10.1. The molecule has 0 radical (unpaired) electrons. The van der Waals surface area contributed by atoms with E-state index in [-0.39, 0.29) is 18.4 Å². The van der Waals surface area contributed by atoms with Gasteiger partial charge in [0.05, 0.1) is 18.7 Å². The number of ether oxygens (including phenoxy) is 1. The Kier molecular flexibility index (Phi) is 6.91. The van der Waals surface area contributed by atoms with Crippen LogP contribution in [-0.4, -0.2) is 25.0 Å². The predicted octanol–water partition coefficient (Wildman–Crippen LogP) is 4.81. The maximum atomic E-state index is 12.5. The first-order valence-corrected chi connectivity index (χ1v) is 11.6. The van der Waals surface area contributed by atoms with Crippen LogP contribution in [0.5, 0.6) is 5.75 Å². The van der Waals surface area contributed by atoms with Gasteiger partial charge in [-0.05, 0) is 80.3 Å². The van der Waals surface area contributed by atoms with Gasteiger partial charge in [-0.25, -0.2) is 0 Å². The molecule has 7 nitrogen and oxygen atoms in total. The highest BCUT2D eigenvalue weighted by molar-refractivity contribution is 7.16. The van der Waals surface area contributed by atoms with Gasteiger partial charge in [0, 0.05) is 21.8 Å². The van der Waals surface area contributed by atoms with E-state index in [2.05, 4.69) is 22.0 Å². The SMILES string of the molecule is CCOc1ccc(NC(=O)c2ccc(NCC(=O)Nc3sc4c(c3C#N)CCC4)cc2)cc1. The molecule has 0 aliphatic heterocycles. The quantitative estimate of drug-likeness (QED) is 0.448. The van der Waals surface area contributed by atoms with Crippen molar-refractivity contribution in [2.24, 2.45) is 0 Å². The van der Waals surface area contributed by atoms with Crippen molar-refractivity contribution in [1.29, 1.82) is 5.26 Å². The van der Waals surface area contributed by atoms with Crippen LogP contribution in [0.2, 0.25) is 0 Å². The third kappa shape index (κ3) is 5.33. The van der Waals surface area contributed by atoms with E-state index >= 15 is 0 Å². The van der Waals surface area contributed by atoms with Crippen molar-refractivity contribution >= 4 is 39.5 Å². The first-order chi connectivity index (χ1) is 16.1. The molecule has 8 heteroatoms. The van der Waals surface area contributed by atoms with Crippen molar-refractivity contribution in [2.75, 3.05) is 29.1 Å². The minimum Gasteiger partial charge on any atom is -0.494 e. The molecule has 1 aromatic heterocycles. The van der Waals surface area contributed by atoms with E-state index in [1.807, 2.05) is 6.92 Å². The molecular weight excluding hydrogens is 436 g/mol. The summed E-state index contributed by atoms with van der Waals surface area (Å²) < 4.78 is 5.40. The van der Waals surface area contributed by atoms with Gasteiger partial charge in [0.2, 0.25) is 5.91 Å². The Morgan fingerprint density at radius 3 is 2.45 bits per heavy atom. The van der Waals surface area contributed by atoms with Gasteiger partial charge in [-0.15, -0.1) is 11.3 Å². The molecule has 2 amide bonds. The number of nitrogens with one attached hydrogen (secondary N) is 3. The van der Waals surface area contributed by atoms with Crippen LogP contribution in [0.15, 0.2) is 48.5 Å². The molecule has 1 heterocycles. The monoisotopic (exact) mass is 460 g/mol. The van der Waals surface area contributed by atoms with Crippen LogP contribution in [-0.2, 0) is 17.6 Å². The highest BCUT2D eigenvalue weighted by Crippen LogP contribution is 2.38. The molecule has 0 atom stereocenters. The van der Waals surface area contributed by atoms with Crippen molar-refractivity contribution in [3.63, 3.8) is 0 Å². The van der Waals surface area contributed by atoms with E-state index in [1.165, 1.54) is 16.2 Å². The van der Waals surface area contributed by atoms with Crippen molar-refractivity contribution in [2.45, 2.75) is 26.2 Å². The summed E-state index contributed by atoms with van der Waals surface area (Å²) in [6.07, 6.45) is 2.95. The number of benzene rings is 2. The number of fused-ring (bicyclic) bond motifs is 1. The maximum absolute atomic E-state index is 12.5. The predicted molar refractivity (Wildman–Crippen MR) is 130 cm³/mol. The highest BCUT2D eigenvalue weighted by Gasteiger charge is 2.23. The zero-order valence-corrected chi connectivity index (χ0v) is 19.1. The van der Waals surface area contributed by atoms with Gasteiger partial charge < -0.3 is 20.7 Å². The van der Waals surface area contributed by atoms with Gasteiger partial charge in [-0.2, -0.15) is 5.26 Å². The average molecular weight is 461 g/mol. The maximum Gasteiger partial charge on any atom is 0.255 e. The Labute approximate surface area is 196 Å². The number of carbonyl (C=O) groups is 2. The fraction of sp³-hybridized carbons (Fsp3) is 0.240. The van der Waals surface area contributed by atoms with Crippen molar-refractivity contribution in [1.82, 2.24) is 0 Å². The fourth-order valence-electron chi connectivity index (χ4n) is 3.71.